The molecule has 0 atom stereocenters. The van der Waals surface area contributed by atoms with Crippen molar-refractivity contribution in [1.82, 2.24) is 0 Å². The highest BCUT2D eigenvalue weighted by Crippen LogP contribution is 2.44. The Balaban J connectivity index is 1.39. The van der Waals surface area contributed by atoms with Crippen LogP contribution in [0, 0.1) is 0 Å². The summed E-state index contributed by atoms with van der Waals surface area (Å²) in [6.45, 7) is 0. The van der Waals surface area contributed by atoms with Crippen LogP contribution in [0.2, 0.25) is 0 Å². The average Bonchev–Trinajstić information content (AvgIpc) is 3.63. The zero-order valence-corrected chi connectivity index (χ0v) is 32.9. The van der Waals surface area contributed by atoms with Gasteiger partial charge >= 0.3 is 0 Å². The molecule has 34 radical (unpaired) electrons. The maximum absolute atomic E-state index is 7.12. The molecule has 0 spiro atoms. The second-order valence-corrected chi connectivity index (χ2v) is 15.8. The summed E-state index contributed by atoms with van der Waals surface area (Å²) in [6, 6.07) is 16.2. The van der Waals surface area contributed by atoms with E-state index in [-0.39, 0.29) is 65.7 Å². The van der Waals surface area contributed by atoms with Gasteiger partial charge in [0.05, 0.1) is 0 Å². The molecule has 0 N–H and O–H groups in total. The summed E-state index contributed by atoms with van der Waals surface area (Å²) < 4.78 is 6.34. The maximum atomic E-state index is 7.12. The predicted octanol–water partition coefficient (Wildman–Crippen LogP) is -7.82. The van der Waals surface area contributed by atoms with Crippen molar-refractivity contribution >= 4 is 302 Å². The lowest BCUT2D eigenvalue weighted by Gasteiger charge is -2.25. The van der Waals surface area contributed by atoms with Crippen molar-refractivity contribution in [2.45, 2.75) is 0 Å². The van der Waals surface area contributed by atoms with Gasteiger partial charge in [-0.15, -0.1) is 54.6 Å². The van der Waals surface area contributed by atoms with Gasteiger partial charge in [0.25, 0.3) is 0 Å². The lowest BCUT2D eigenvalue weighted by molar-refractivity contribution is 0.672. The van der Waals surface area contributed by atoms with Gasteiger partial charge in [0.15, 0.2) is 0 Å². The summed E-state index contributed by atoms with van der Waals surface area (Å²) in [6.07, 6.45) is 0. The molecule has 1 heterocycles. The Bertz CT molecular complexity index is 3710. The lowest BCUT2D eigenvalue weighted by Crippen LogP contribution is -2.48. The van der Waals surface area contributed by atoms with Crippen LogP contribution in [0.5, 0.6) is 0 Å². The summed E-state index contributed by atoms with van der Waals surface area (Å²) >= 11 is 0. The highest BCUT2D eigenvalue weighted by molar-refractivity contribution is 6.71. The van der Waals surface area contributed by atoms with Crippen LogP contribution in [0.1, 0.15) is 0 Å². The predicted molar refractivity (Wildman–Crippen MR) is 284 cm³/mol. The van der Waals surface area contributed by atoms with E-state index in [9.17, 15) is 0 Å². The molecule has 0 amide bonds. The molecule has 0 bridgehead atoms. The number of hydrogen-bond donors (Lipinski definition) is 0. The van der Waals surface area contributed by atoms with Crippen LogP contribution in [0.3, 0.4) is 0 Å². The number of benzene rings is 9. The van der Waals surface area contributed by atoms with Crippen molar-refractivity contribution < 1.29 is 4.42 Å². The van der Waals surface area contributed by atoms with E-state index >= 15 is 0 Å². The first kappa shape index (κ1) is 41.2. The van der Waals surface area contributed by atoms with E-state index in [1.165, 1.54) is 0 Å². The molecule has 242 valence electrons. The molecular weight excluding hydrogens is 728 g/mol. The Morgan fingerprint density at radius 2 is 0.613 bits per heavy atom. The first-order chi connectivity index (χ1) is 29.3. The monoisotopic (exact) mass is 740 g/mol. The minimum atomic E-state index is 0.0879. The highest BCUT2D eigenvalue weighted by atomic mass is 16.3. The molecular formula is C44H9B17O. The molecule has 10 aromatic rings. The quantitative estimate of drug-likeness (QED) is 0.0979. The van der Waals surface area contributed by atoms with E-state index in [2.05, 4.69) is 0 Å². The van der Waals surface area contributed by atoms with E-state index in [1.807, 2.05) is 18.2 Å². The summed E-state index contributed by atoms with van der Waals surface area (Å²) in [5, 5.41) is 6.71. The largest absolute Gasteiger partial charge is 0.457 e. The highest BCUT2D eigenvalue weighted by Gasteiger charge is 2.24. The van der Waals surface area contributed by atoms with Gasteiger partial charge in [-0.2, -0.15) is 0 Å². The molecule has 10 rings (SSSR count). The molecule has 0 aliphatic heterocycles. The Kier molecular flexibility index (Phi) is 9.37. The smallest absolute Gasteiger partial charge is 0.135 e. The van der Waals surface area contributed by atoms with Gasteiger partial charge in [0.1, 0.15) is 145 Å². The van der Waals surface area contributed by atoms with Gasteiger partial charge in [-0.25, -0.2) is 0 Å². The standard InChI is InChI=1S/C44H9B17O/c45-18-5-12-14(7-20(18)47)27(11-3-23(50)31-25(4-11)62-44-33(31)38(56)41(59)42(60)43(44)61)15-8-21(48)19(46)6-13(15)26(12)10-1-16-28(22(49)2-10)17-9-24(51)34(52)35(53)30(17)32-29(16)36(54)39(57)40(58)37(32)55/h1-9H. The number of hydrogen-bond acceptors (Lipinski definition) is 1. The Morgan fingerprint density at radius 3 is 1.11 bits per heavy atom. The van der Waals surface area contributed by atoms with E-state index in [4.69, 9.17) is 138 Å². The summed E-state index contributed by atoms with van der Waals surface area (Å²) in [4.78, 5) is 0. The first-order valence-electron chi connectivity index (χ1n) is 19.0. The molecule has 1 aromatic heterocycles. The van der Waals surface area contributed by atoms with Crippen molar-refractivity contribution in [3.05, 3.63) is 54.6 Å². The molecule has 18 heteroatoms. The van der Waals surface area contributed by atoms with E-state index in [0.29, 0.717) is 125 Å². The molecule has 0 saturated carbocycles. The molecule has 0 saturated heterocycles. The minimum absolute atomic E-state index is 0.0879. The summed E-state index contributed by atoms with van der Waals surface area (Å²) in [7, 11) is 112. The molecule has 62 heavy (non-hydrogen) atoms. The van der Waals surface area contributed by atoms with Crippen LogP contribution in [0.4, 0.5) is 0 Å². The van der Waals surface area contributed by atoms with Gasteiger partial charge in [-0.1, -0.05) is 80.7 Å². The summed E-state index contributed by atoms with van der Waals surface area (Å²) in [5.41, 5.74) is 6.80. The Morgan fingerprint density at radius 1 is 0.242 bits per heavy atom. The normalized spacial score (nSPS) is 12.0. The van der Waals surface area contributed by atoms with Gasteiger partial charge in [0.2, 0.25) is 0 Å². The van der Waals surface area contributed by atoms with Crippen molar-refractivity contribution in [1.29, 1.82) is 0 Å². The Hall–Kier alpha value is -4.82. The van der Waals surface area contributed by atoms with E-state index in [1.54, 1.807) is 36.4 Å². The number of fused-ring (bicyclic) bond motifs is 11. The number of rotatable bonds is 2. The van der Waals surface area contributed by atoms with Crippen LogP contribution in [0.15, 0.2) is 59.0 Å². The van der Waals surface area contributed by atoms with Crippen molar-refractivity contribution in [2.75, 3.05) is 0 Å². The fourth-order valence-corrected chi connectivity index (χ4v) is 9.29. The number of furan rings is 1. The van der Waals surface area contributed by atoms with Gasteiger partial charge in [0, 0.05) is 10.8 Å². The van der Waals surface area contributed by atoms with Crippen molar-refractivity contribution in [2.24, 2.45) is 0 Å². The molecule has 0 aliphatic carbocycles. The zero-order chi connectivity index (χ0) is 44.3. The van der Waals surface area contributed by atoms with Gasteiger partial charge < -0.3 is 4.42 Å². The zero-order valence-electron chi connectivity index (χ0n) is 32.9. The van der Waals surface area contributed by atoms with E-state index < -0.39 is 0 Å². The van der Waals surface area contributed by atoms with Crippen LogP contribution >= 0.6 is 0 Å². The maximum Gasteiger partial charge on any atom is 0.135 e. The van der Waals surface area contributed by atoms with Crippen molar-refractivity contribution in [3.8, 4) is 22.3 Å². The molecule has 9 aromatic carbocycles. The Labute approximate surface area is 381 Å². The van der Waals surface area contributed by atoms with Crippen LogP contribution in [0.25, 0.3) is 98.1 Å². The molecule has 1 nitrogen and oxygen atoms in total. The third kappa shape index (κ3) is 5.53. The summed E-state index contributed by atoms with van der Waals surface area (Å²) in [5.74, 6) is 0. The molecule has 0 fully saturated rings. The first-order valence-corrected chi connectivity index (χ1v) is 19.0. The van der Waals surface area contributed by atoms with Crippen molar-refractivity contribution in [3.63, 3.8) is 0 Å². The minimum Gasteiger partial charge on any atom is -0.457 e. The van der Waals surface area contributed by atoms with Crippen LogP contribution in [-0.4, -0.2) is 133 Å². The van der Waals surface area contributed by atoms with E-state index in [0.717, 1.165) is 0 Å². The molecule has 0 aliphatic rings. The fourth-order valence-electron chi connectivity index (χ4n) is 9.29. The van der Waals surface area contributed by atoms with Crippen LogP contribution < -0.4 is 92.9 Å². The molecule has 0 unspecified atom stereocenters. The fraction of sp³-hybridized carbons (Fsp3) is 0. The van der Waals surface area contributed by atoms with Gasteiger partial charge in [-0.05, 0) is 88.2 Å². The average molecular weight is 737 g/mol. The topological polar surface area (TPSA) is 13.1 Å². The van der Waals surface area contributed by atoms with Gasteiger partial charge in [-0.3, -0.25) is 0 Å². The third-order valence-electron chi connectivity index (χ3n) is 12.4. The third-order valence-corrected chi connectivity index (χ3v) is 12.4. The second-order valence-electron chi connectivity index (χ2n) is 15.8. The lowest BCUT2D eigenvalue weighted by atomic mass is 9.61. The SMILES string of the molecule is [B]c1cc2c(-c3cc([B])c4c(c3)oc3c([B])c([B])c([B])c([B])c34)c3cc([B])c([B])cc3c(-c3cc([B])c4c5cc([B])c([B])c([B])c5c5c([B])c([B])c([B])c([B])c5c4c3)c2cc1[B]. The second kappa shape index (κ2) is 14.1. The van der Waals surface area contributed by atoms with Crippen LogP contribution in [-0.2, 0) is 0 Å².